The van der Waals surface area contributed by atoms with E-state index in [1.54, 1.807) is 32.2 Å². The van der Waals surface area contributed by atoms with Crippen molar-refractivity contribution in [1.82, 2.24) is 9.88 Å². The minimum Gasteiger partial charge on any atom is -0.444 e. The number of aliphatic hydroxyl groups excluding tert-OH is 1. The number of aromatic nitrogens is 1. The van der Waals surface area contributed by atoms with Crippen molar-refractivity contribution in [3.63, 3.8) is 0 Å². The van der Waals surface area contributed by atoms with E-state index in [4.69, 9.17) is 26.2 Å². The highest BCUT2D eigenvalue weighted by Crippen LogP contribution is 2.27. The average Bonchev–Trinajstić information content (AvgIpc) is 2.71. The number of hydrogen-bond donors (Lipinski definition) is 1. The molecule has 0 aromatic carbocycles. The normalized spacial score (nSPS) is 21.0. The van der Waals surface area contributed by atoms with Crippen molar-refractivity contribution >= 4 is 17.7 Å². The maximum atomic E-state index is 12.1. The van der Waals surface area contributed by atoms with E-state index in [1.807, 2.05) is 0 Å². The molecule has 110 valence electrons. The van der Waals surface area contributed by atoms with Crippen molar-refractivity contribution < 1.29 is 19.4 Å². The van der Waals surface area contributed by atoms with E-state index >= 15 is 0 Å². The SMILES string of the molecule is CC1(C)OC(CO)CN1C(=O)OCc1ccnc(Cl)c1. The van der Waals surface area contributed by atoms with Gasteiger partial charge in [-0.05, 0) is 31.5 Å². The summed E-state index contributed by atoms with van der Waals surface area (Å²) < 4.78 is 10.8. The van der Waals surface area contributed by atoms with Gasteiger partial charge in [0.2, 0.25) is 0 Å². The summed E-state index contributed by atoms with van der Waals surface area (Å²) in [6.45, 7) is 3.80. The molecule has 1 fully saturated rings. The van der Waals surface area contributed by atoms with E-state index in [9.17, 15) is 4.79 Å². The summed E-state index contributed by atoms with van der Waals surface area (Å²) in [5, 5.41) is 9.46. The number of carbonyl (C=O) groups excluding carboxylic acids is 1. The Morgan fingerprint density at radius 3 is 3.05 bits per heavy atom. The van der Waals surface area contributed by atoms with Crippen molar-refractivity contribution in [1.29, 1.82) is 0 Å². The number of pyridine rings is 1. The molecule has 0 bridgehead atoms. The molecule has 6 nitrogen and oxygen atoms in total. The quantitative estimate of drug-likeness (QED) is 0.862. The minimum atomic E-state index is -0.791. The zero-order chi connectivity index (χ0) is 14.8. The number of nitrogens with zero attached hydrogens (tertiary/aromatic N) is 2. The first kappa shape index (κ1) is 15.0. The van der Waals surface area contributed by atoms with Gasteiger partial charge in [-0.3, -0.25) is 4.90 Å². The number of hydrogen-bond acceptors (Lipinski definition) is 5. The monoisotopic (exact) mass is 300 g/mol. The Hall–Kier alpha value is -1.37. The summed E-state index contributed by atoms with van der Waals surface area (Å²) in [6.07, 6.45) is 0.683. The fourth-order valence-electron chi connectivity index (χ4n) is 2.08. The molecule has 1 atom stereocenters. The highest BCUT2D eigenvalue weighted by Gasteiger charge is 2.42. The van der Waals surface area contributed by atoms with Gasteiger partial charge >= 0.3 is 6.09 Å². The molecule has 1 aliphatic rings. The van der Waals surface area contributed by atoms with Crippen molar-refractivity contribution in [3.05, 3.63) is 29.0 Å². The topological polar surface area (TPSA) is 71.9 Å². The summed E-state index contributed by atoms with van der Waals surface area (Å²) in [4.78, 5) is 17.4. The molecule has 1 unspecified atom stereocenters. The molecule has 1 aliphatic heterocycles. The number of aliphatic hydroxyl groups is 1. The number of halogens is 1. The molecule has 0 spiro atoms. The van der Waals surface area contributed by atoms with Gasteiger partial charge in [0.05, 0.1) is 13.2 Å². The van der Waals surface area contributed by atoms with Gasteiger partial charge in [-0.15, -0.1) is 0 Å². The molecule has 0 saturated carbocycles. The number of rotatable bonds is 3. The number of amides is 1. The van der Waals surface area contributed by atoms with Gasteiger partial charge < -0.3 is 14.6 Å². The van der Waals surface area contributed by atoms with E-state index < -0.39 is 11.8 Å². The number of ether oxygens (including phenoxy) is 2. The molecule has 1 saturated heterocycles. The Labute approximate surface area is 122 Å². The van der Waals surface area contributed by atoms with Crippen LogP contribution in [0.15, 0.2) is 18.3 Å². The summed E-state index contributed by atoms with van der Waals surface area (Å²) in [5.74, 6) is 0. The summed E-state index contributed by atoms with van der Waals surface area (Å²) in [7, 11) is 0. The van der Waals surface area contributed by atoms with Crippen LogP contribution in [0.25, 0.3) is 0 Å². The minimum absolute atomic E-state index is 0.109. The fourth-order valence-corrected chi connectivity index (χ4v) is 2.27. The Morgan fingerprint density at radius 1 is 1.70 bits per heavy atom. The first-order chi connectivity index (χ1) is 9.42. The zero-order valence-corrected chi connectivity index (χ0v) is 12.1. The molecular formula is C13H17ClN2O4. The Kier molecular flexibility index (Phi) is 4.47. The standard InChI is InChI=1S/C13H17ClN2O4/c1-13(2)16(6-10(7-17)20-13)12(18)19-8-9-3-4-15-11(14)5-9/h3-5,10,17H,6-8H2,1-2H3. The van der Waals surface area contributed by atoms with E-state index in [2.05, 4.69) is 4.98 Å². The predicted octanol–water partition coefficient (Wildman–Crippen LogP) is 1.80. The van der Waals surface area contributed by atoms with Crippen molar-refractivity contribution in [2.75, 3.05) is 13.2 Å². The fraction of sp³-hybridized carbons (Fsp3) is 0.538. The van der Waals surface area contributed by atoms with E-state index in [0.717, 1.165) is 5.56 Å². The van der Waals surface area contributed by atoms with Gasteiger partial charge in [0.1, 0.15) is 23.6 Å². The molecule has 0 aliphatic carbocycles. The highest BCUT2D eigenvalue weighted by atomic mass is 35.5. The second-order valence-electron chi connectivity index (χ2n) is 5.02. The molecule has 20 heavy (non-hydrogen) atoms. The van der Waals surface area contributed by atoms with Gasteiger partial charge in [0.25, 0.3) is 0 Å². The van der Waals surface area contributed by atoms with Crippen LogP contribution in [0.3, 0.4) is 0 Å². The van der Waals surface area contributed by atoms with Gasteiger partial charge in [-0.1, -0.05) is 11.6 Å². The van der Waals surface area contributed by atoms with Crippen molar-refractivity contribution in [2.24, 2.45) is 0 Å². The largest absolute Gasteiger partial charge is 0.444 e. The third kappa shape index (κ3) is 3.39. The van der Waals surface area contributed by atoms with Crippen LogP contribution in [0.1, 0.15) is 19.4 Å². The third-order valence-electron chi connectivity index (χ3n) is 3.07. The first-order valence-corrected chi connectivity index (χ1v) is 6.63. The molecule has 1 aromatic rings. The summed E-state index contributed by atoms with van der Waals surface area (Å²) >= 11 is 5.76. The van der Waals surface area contributed by atoms with Crippen LogP contribution in [0, 0.1) is 0 Å². The average molecular weight is 301 g/mol. The van der Waals surface area contributed by atoms with Gasteiger partial charge in [-0.2, -0.15) is 0 Å². The van der Waals surface area contributed by atoms with Crippen LogP contribution in [0.5, 0.6) is 0 Å². The Morgan fingerprint density at radius 2 is 2.45 bits per heavy atom. The van der Waals surface area contributed by atoms with Crippen LogP contribution in [-0.4, -0.2) is 46.1 Å². The Balaban J connectivity index is 1.95. The van der Waals surface area contributed by atoms with E-state index in [-0.39, 0.29) is 19.3 Å². The van der Waals surface area contributed by atoms with Crippen LogP contribution >= 0.6 is 11.6 Å². The van der Waals surface area contributed by atoms with E-state index in [0.29, 0.717) is 11.7 Å². The molecule has 1 N–H and O–H groups in total. The summed E-state index contributed by atoms with van der Waals surface area (Å²) in [5.41, 5.74) is -0.0321. The summed E-state index contributed by atoms with van der Waals surface area (Å²) in [6, 6.07) is 3.36. The lowest BCUT2D eigenvalue weighted by atomic mass is 10.3. The zero-order valence-electron chi connectivity index (χ0n) is 11.4. The molecule has 7 heteroatoms. The Bertz CT molecular complexity index is 495. The van der Waals surface area contributed by atoms with Crippen LogP contribution < -0.4 is 0 Å². The third-order valence-corrected chi connectivity index (χ3v) is 3.28. The lowest BCUT2D eigenvalue weighted by Gasteiger charge is -2.28. The van der Waals surface area contributed by atoms with Crippen molar-refractivity contribution in [2.45, 2.75) is 32.3 Å². The second kappa shape index (κ2) is 5.95. The smallest absolute Gasteiger partial charge is 0.412 e. The molecule has 2 heterocycles. The van der Waals surface area contributed by atoms with Crippen molar-refractivity contribution in [3.8, 4) is 0 Å². The maximum absolute atomic E-state index is 12.1. The van der Waals surface area contributed by atoms with Crippen LogP contribution in [-0.2, 0) is 16.1 Å². The van der Waals surface area contributed by atoms with Gasteiger partial charge in [0, 0.05) is 6.20 Å². The van der Waals surface area contributed by atoms with Gasteiger partial charge in [-0.25, -0.2) is 9.78 Å². The molecule has 2 rings (SSSR count). The van der Waals surface area contributed by atoms with Crippen LogP contribution in [0.4, 0.5) is 4.79 Å². The first-order valence-electron chi connectivity index (χ1n) is 6.26. The number of carbonyl (C=O) groups is 1. The molecule has 1 aromatic heterocycles. The second-order valence-corrected chi connectivity index (χ2v) is 5.41. The van der Waals surface area contributed by atoms with Crippen LogP contribution in [0.2, 0.25) is 5.15 Å². The highest BCUT2D eigenvalue weighted by molar-refractivity contribution is 6.29. The maximum Gasteiger partial charge on any atom is 0.412 e. The molecule has 1 amide bonds. The van der Waals surface area contributed by atoms with Gasteiger partial charge in [0.15, 0.2) is 0 Å². The molecule has 0 radical (unpaired) electrons. The predicted molar refractivity (Wildman–Crippen MR) is 72.2 cm³/mol. The lowest BCUT2D eigenvalue weighted by Crippen LogP contribution is -2.43. The molecular weight excluding hydrogens is 284 g/mol. The lowest BCUT2D eigenvalue weighted by molar-refractivity contribution is -0.0804. The van der Waals surface area contributed by atoms with E-state index in [1.165, 1.54) is 4.90 Å².